The molecular weight excluding hydrogens is 281 g/mol. The molecule has 2 aromatic rings. The van der Waals surface area contributed by atoms with Crippen molar-refractivity contribution in [2.75, 3.05) is 5.32 Å². The van der Waals surface area contributed by atoms with Crippen molar-refractivity contribution in [1.82, 2.24) is 0 Å². The summed E-state index contributed by atoms with van der Waals surface area (Å²) in [7, 11) is 0. The van der Waals surface area contributed by atoms with Crippen LogP contribution in [0.15, 0.2) is 34.7 Å². The molecule has 0 saturated carbocycles. The fraction of sp³-hybridized carbons (Fsp3) is 0.267. The van der Waals surface area contributed by atoms with Crippen LogP contribution in [0.4, 0.5) is 18.9 Å². The van der Waals surface area contributed by atoms with Gasteiger partial charge in [0.25, 0.3) is 0 Å². The van der Waals surface area contributed by atoms with Crippen molar-refractivity contribution in [3.8, 4) is 6.07 Å². The van der Waals surface area contributed by atoms with E-state index in [0.29, 0.717) is 11.4 Å². The van der Waals surface area contributed by atoms with Gasteiger partial charge in [0.1, 0.15) is 11.5 Å². The van der Waals surface area contributed by atoms with E-state index in [-0.39, 0.29) is 6.04 Å². The molecule has 3 nitrogen and oxygen atoms in total. The van der Waals surface area contributed by atoms with E-state index in [1.807, 2.05) is 13.8 Å². The number of aryl methyl sites for hydroxylation is 1. The average molecular weight is 294 g/mol. The van der Waals surface area contributed by atoms with Crippen molar-refractivity contribution < 1.29 is 17.6 Å². The van der Waals surface area contributed by atoms with E-state index in [9.17, 15) is 13.2 Å². The van der Waals surface area contributed by atoms with Crippen molar-refractivity contribution in [3.05, 3.63) is 53.0 Å². The monoisotopic (exact) mass is 294 g/mol. The molecule has 1 aromatic heterocycles. The number of rotatable bonds is 3. The van der Waals surface area contributed by atoms with Crippen molar-refractivity contribution in [1.29, 1.82) is 5.26 Å². The molecule has 0 fully saturated rings. The fourth-order valence-corrected chi connectivity index (χ4v) is 1.98. The zero-order valence-electron chi connectivity index (χ0n) is 11.5. The molecule has 110 valence electrons. The summed E-state index contributed by atoms with van der Waals surface area (Å²) in [5.41, 5.74) is -0.909. The Hall–Kier alpha value is -2.42. The first-order chi connectivity index (χ1) is 9.81. The molecule has 1 N–H and O–H groups in total. The van der Waals surface area contributed by atoms with Gasteiger partial charge in [-0.3, -0.25) is 0 Å². The van der Waals surface area contributed by atoms with Gasteiger partial charge in [-0.25, -0.2) is 0 Å². The van der Waals surface area contributed by atoms with Crippen LogP contribution in [0.25, 0.3) is 0 Å². The Balaban J connectivity index is 2.24. The first-order valence-corrected chi connectivity index (χ1v) is 6.25. The molecule has 0 aliphatic heterocycles. The maximum absolute atomic E-state index is 12.7. The van der Waals surface area contributed by atoms with Crippen molar-refractivity contribution in [2.45, 2.75) is 26.1 Å². The highest BCUT2D eigenvalue weighted by atomic mass is 19.4. The average Bonchev–Trinajstić information content (AvgIpc) is 2.84. The summed E-state index contributed by atoms with van der Waals surface area (Å²) in [5.74, 6) is 1.43. The van der Waals surface area contributed by atoms with E-state index in [0.717, 1.165) is 11.8 Å². The van der Waals surface area contributed by atoms with Crippen LogP contribution in [0.2, 0.25) is 0 Å². The van der Waals surface area contributed by atoms with Crippen LogP contribution in [0.3, 0.4) is 0 Å². The molecule has 1 heterocycles. The minimum Gasteiger partial charge on any atom is -0.464 e. The number of halogens is 3. The maximum Gasteiger partial charge on any atom is 0.417 e. The summed E-state index contributed by atoms with van der Waals surface area (Å²) in [6, 6.07) is 8.35. The smallest absolute Gasteiger partial charge is 0.417 e. The summed E-state index contributed by atoms with van der Waals surface area (Å²) in [6.45, 7) is 3.63. The summed E-state index contributed by atoms with van der Waals surface area (Å²) in [6.07, 6.45) is -4.53. The first-order valence-electron chi connectivity index (χ1n) is 6.25. The van der Waals surface area contributed by atoms with Gasteiger partial charge in [0.05, 0.1) is 23.2 Å². The quantitative estimate of drug-likeness (QED) is 0.896. The molecule has 2 rings (SSSR count). The Morgan fingerprint density at radius 1 is 1.24 bits per heavy atom. The van der Waals surface area contributed by atoms with Gasteiger partial charge in [0.15, 0.2) is 0 Å². The van der Waals surface area contributed by atoms with E-state index < -0.39 is 17.3 Å². The van der Waals surface area contributed by atoms with Crippen LogP contribution in [-0.4, -0.2) is 0 Å². The van der Waals surface area contributed by atoms with E-state index in [2.05, 4.69) is 5.32 Å². The van der Waals surface area contributed by atoms with E-state index >= 15 is 0 Å². The SMILES string of the molecule is Cc1ccc(C(C)Nc2ccc(C(F)(F)F)c(C#N)c2)o1. The minimum absolute atomic E-state index is 0.220. The third kappa shape index (κ3) is 3.37. The summed E-state index contributed by atoms with van der Waals surface area (Å²) >= 11 is 0. The van der Waals surface area contributed by atoms with Gasteiger partial charge in [-0.05, 0) is 44.2 Å². The third-order valence-corrected chi connectivity index (χ3v) is 3.02. The van der Waals surface area contributed by atoms with Crippen LogP contribution in [0.5, 0.6) is 0 Å². The summed E-state index contributed by atoms with van der Waals surface area (Å²) in [5, 5.41) is 11.9. The number of hydrogen-bond donors (Lipinski definition) is 1. The highest BCUT2D eigenvalue weighted by Crippen LogP contribution is 2.33. The maximum atomic E-state index is 12.7. The zero-order valence-corrected chi connectivity index (χ0v) is 11.5. The van der Waals surface area contributed by atoms with Gasteiger partial charge in [-0.15, -0.1) is 0 Å². The number of nitrogens with one attached hydrogen (secondary N) is 1. The number of benzene rings is 1. The standard InChI is InChI=1S/C15H13F3N2O/c1-9-3-6-14(21-9)10(2)20-12-4-5-13(15(16,17)18)11(7-12)8-19/h3-7,10,20H,1-2H3. The Kier molecular flexibility index (Phi) is 3.94. The van der Waals surface area contributed by atoms with E-state index in [1.165, 1.54) is 12.1 Å². The second kappa shape index (κ2) is 5.52. The molecule has 1 atom stereocenters. The molecule has 0 aliphatic carbocycles. The Morgan fingerprint density at radius 2 is 1.95 bits per heavy atom. The molecule has 6 heteroatoms. The van der Waals surface area contributed by atoms with Crippen LogP contribution in [-0.2, 0) is 6.18 Å². The van der Waals surface area contributed by atoms with E-state index in [4.69, 9.17) is 9.68 Å². The predicted octanol–water partition coefficient (Wildman–Crippen LogP) is 4.65. The second-order valence-corrected chi connectivity index (χ2v) is 4.68. The number of alkyl halides is 3. The summed E-state index contributed by atoms with van der Waals surface area (Å²) in [4.78, 5) is 0. The molecule has 0 amide bonds. The zero-order chi connectivity index (χ0) is 15.6. The van der Waals surface area contributed by atoms with Crippen molar-refractivity contribution in [2.24, 2.45) is 0 Å². The Bertz CT molecular complexity index is 683. The third-order valence-electron chi connectivity index (χ3n) is 3.02. The molecule has 21 heavy (non-hydrogen) atoms. The van der Waals surface area contributed by atoms with Crippen molar-refractivity contribution >= 4 is 5.69 Å². The molecule has 0 spiro atoms. The lowest BCUT2D eigenvalue weighted by molar-refractivity contribution is -0.137. The number of hydrogen-bond acceptors (Lipinski definition) is 3. The highest BCUT2D eigenvalue weighted by molar-refractivity contribution is 5.54. The molecular formula is C15H13F3N2O. The van der Waals surface area contributed by atoms with Gasteiger partial charge < -0.3 is 9.73 Å². The van der Waals surface area contributed by atoms with Crippen LogP contribution < -0.4 is 5.32 Å². The van der Waals surface area contributed by atoms with Gasteiger partial charge >= 0.3 is 6.18 Å². The van der Waals surface area contributed by atoms with Gasteiger partial charge in [-0.2, -0.15) is 18.4 Å². The summed E-state index contributed by atoms with van der Waals surface area (Å²) < 4.78 is 43.6. The molecule has 1 unspecified atom stereocenters. The van der Waals surface area contributed by atoms with Gasteiger partial charge in [0, 0.05) is 5.69 Å². The minimum atomic E-state index is -4.53. The lowest BCUT2D eigenvalue weighted by Crippen LogP contribution is -2.10. The fourth-order valence-electron chi connectivity index (χ4n) is 1.98. The first kappa shape index (κ1) is 15.0. The van der Waals surface area contributed by atoms with Crippen LogP contribution in [0, 0.1) is 18.3 Å². The molecule has 0 bridgehead atoms. The molecule has 0 saturated heterocycles. The Morgan fingerprint density at radius 3 is 2.48 bits per heavy atom. The van der Waals surface area contributed by atoms with Crippen LogP contribution in [0.1, 0.15) is 35.6 Å². The molecule has 0 radical (unpaired) electrons. The normalized spacial score (nSPS) is 12.8. The molecule has 0 aliphatic rings. The van der Waals surface area contributed by atoms with Crippen LogP contribution >= 0.6 is 0 Å². The number of anilines is 1. The number of nitriles is 1. The van der Waals surface area contributed by atoms with Crippen molar-refractivity contribution in [3.63, 3.8) is 0 Å². The molecule has 1 aromatic carbocycles. The Labute approximate surface area is 120 Å². The number of furan rings is 1. The van der Waals surface area contributed by atoms with E-state index in [1.54, 1.807) is 18.2 Å². The number of nitrogens with zero attached hydrogens (tertiary/aromatic N) is 1. The van der Waals surface area contributed by atoms with Gasteiger partial charge in [0.2, 0.25) is 0 Å². The second-order valence-electron chi connectivity index (χ2n) is 4.68. The predicted molar refractivity (Wildman–Crippen MR) is 71.6 cm³/mol. The van der Waals surface area contributed by atoms with Gasteiger partial charge in [-0.1, -0.05) is 0 Å². The largest absolute Gasteiger partial charge is 0.464 e. The lowest BCUT2D eigenvalue weighted by Gasteiger charge is -2.15. The topological polar surface area (TPSA) is 49.0 Å². The lowest BCUT2D eigenvalue weighted by atomic mass is 10.1. The highest BCUT2D eigenvalue weighted by Gasteiger charge is 2.33.